The van der Waals surface area contributed by atoms with Crippen molar-refractivity contribution in [3.8, 4) is 11.5 Å². The summed E-state index contributed by atoms with van der Waals surface area (Å²) >= 11 is 0. The van der Waals surface area contributed by atoms with Gasteiger partial charge >= 0.3 is 0 Å². The van der Waals surface area contributed by atoms with Gasteiger partial charge in [-0.25, -0.2) is 4.99 Å². The predicted molar refractivity (Wildman–Crippen MR) is 203 cm³/mol. The van der Waals surface area contributed by atoms with Crippen LogP contribution in [0.25, 0.3) is 17.0 Å². The number of nitrogens with one attached hydrogen (secondary N) is 2. The Balaban J connectivity index is 1.17. The van der Waals surface area contributed by atoms with Crippen LogP contribution >= 0.6 is 0 Å². The molecule has 7 rings (SSSR count). The van der Waals surface area contributed by atoms with Gasteiger partial charge in [0.15, 0.2) is 11.5 Å². The first-order valence-electron chi connectivity index (χ1n) is 16.4. The number of para-hydroxylation sites is 2. The van der Waals surface area contributed by atoms with Crippen LogP contribution in [0.15, 0.2) is 154 Å². The average Bonchev–Trinajstić information content (AvgIpc) is 3.75. The number of rotatable bonds is 9. The van der Waals surface area contributed by atoms with E-state index >= 15 is 0 Å². The minimum atomic E-state index is -0.597. The van der Waals surface area contributed by atoms with Gasteiger partial charge in [0.25, 0.3) is 11.8 Å². The lowest BCUT2D eigenvalue weighted by Gasteiger charge is -2.18. The second kappa shape index (κ2) is 14.8. The molecule has 1 aromatic heterocycles. The zero-order chi connectivity index (χ0) is 36.0. The van der Waals surface area contributed by atoms with E-state index in [4.69, 9.17) is 14.5 Å². The summed E-state index contributed by atoms with van der Waals surface area (Å²) in [6, 6.07) is 36.8. The van der Waals surface area contributed by atoms with E-state index in [9.17, 15) is 9.59 Å². The quantitative estimate of drug-likeness (QED) is 0.0518. The number of aliphatic imine (C=N–C) groups is 1. The van der Waals surface area contributed by atoms with Crippen molar-refractivity contribution in [2.75, 3.05) is 24.5 Å². The van der Waals surface area contributed by atoms with E-state index < -0.39 is 5.91 Å². The maximum Gasteiger partial charge on any atom is 0.295 e. The summed E-state index contributed by atoms with van der Waals surface area (Å²) in [7, 11) is 3.08. The minimum Gasteiger partial charge on any atom is -0.493 e. The molecule has 1 aliphatic heterocycles. The molecule has 0 unspecified atom stereocenters. The van der Waals surface area contributed by atoms with Crippen molar-refractivity contribution < 1.29 is 19.1 Å². The number of H-pyrrole nitrogens is 1. The highest BCUT2D eigenvalue weighted by atomic mass is 16.5. The van der Waals surface area contributed by atoms with E-state index in [2.05, 4.69) is 25.7 Å². The molecule has 1 aliphatic rings. The van der Waals surface area contributed by atoms with E-state index in [1.165, 1.54) is 7.11 Å². The van der Waals surface area contributed by atoms with Crippen molar-refractivity contribution >= 4 is 51.8 Å². The van der Waals surface area contributed by atoms with Crippen LogP contribution in [0.4, 0.5) is 11.4 Å². The fourth-order valence-corrected chi connectivity index (χ4v) is 5.73. The molecule has 2 heterocycles. The standard InChI is InChI=1S/C41H33N7O4/c1-26-11-7-9-15-33(26)44-45-38(29-19-22-36(51-2)37(24-29)52-3)46-47-40(49)28-17-20-31(21-18-28)48-39(27-12-5-4-6-13-27)43-35(41(48)50)23-30-25-42-34-16-10-8-14-32(30)34/h4-25,42,44H,1-3H3/b35-23+,45-38+,47-46?. The summed E-state index contributed by atoms with van der Waals surface area (Å²) in [6.07, 6.45) is 3.65. The number of carbonyl (C=O) groups is 2. The van der Waals surface area contributed by atoms with E-state index in [0.29, 0.717) is 34.3 Å². The second-order valence-corrected chi connectivity index (χ2v) is 11.7. The Labute approximate surface area is 299 Å². The van der Waals surface area contributed by atoms with Gasteiger partial charge < -0.3 is 14.5 Å². The van der Waals surface area contributed by atoms with Gasteiger partial charge in [-0.3, -0.25) is 19.9 Å². The van der Waals surface area contributed by atoms with Crippen LogP contribution in [-0.2, 0) is 4.79 Å². The number of benzene rings is 5. The first-order chi connectivity index (χ1) is 25.4. The molecule has 0 bridgehead atoms. The number of fused-ring (bicyclic) bond motifs is 1. The smallest absolute Gasteiger partial charge is 0.295 e. The van der Waals surface area contributed by atoms with Gasteiger partial charge in [0.2, 0.25) is 5.84 Å². The molecule has 0 atom stereocenters. The summed E-state index contributed by atoms with van der Waals surface area (Å²) in [5.41, 5.74) is 9.00. The van der Waals surface area contributed by atoms with Crippen molar-refractivity contribution in [1.82, 2.24) is 4.98 Å². The summed E-state index contributed by atoms with van der Waals surface area (Å²) < 4.78 is 10.8. The molecular weight excluding hydrogens is 654 g/mol. The zero-order valence-corrected chi connectivity index (χ0v) is 28.6. The number of azo groups is 1. The highest BCUT2D eigenvalue weighted by Crippen LogP contribution is 2.31. The van der Waals surface area contributed by atoms with Crippen molar-refractivity contribution in [3.63, 3.8) is 0 Å². The summed E-state index contributed by atoms with van der Waals surface area (Å²) in [5.74, 6) is 0.737. The Kier molecular flexibility index (Phi) is 9.48. The minimum absolute atomic E-state index is 0.148. The van der Waals surface area contributed by atoms with Crippen molar-refractivity contribution in [3.05, 3.63) is 161 Å². The average molecular weight is 688 g/mol. The van der Waals surface area contributed by atoms with Crippen LogP contribution < -0.4 is 19.8 Å². The van der Waals surface area contributed by atoms with E-state index in [-0.39, 0.29) is 17.3 Å². The molecule has 2 N–H and O–H groups in total. The molecule has 256 valence electrons. The Morgan fingerprint density at radius 2 is 1.52 bits per heavy atom. The molecule has 0 fully saturated rings. The monoisotopic (exact) mass is 687 g/mol. The molecule has 0 aliphatic carbocycles. The number of nitrogens with zero attached hydrogens (tertiary/aromatic N) is 5. The number of hydrazone groups is 1. The molecule has 0 saturated carbocycles. The molecule has 6 aromatic rings. The maximum absolute atomic E-state index is 14.0. The van der Waals surface area contributed by atoms with Crippen LogP contribution in [0.3, 0.4) is 0 Å². The van der Waals surface area contributed by atoms with Gasteiger partial charge in [0.05, 0.1) is 25.6 Å². The van der Waals surface area contributed by atoms with Crippen molar-refractivity contribution in [2.24, 2.45) is 20.3 Å². The molecule has 11 heteroatoms. The first kappa shape index (κ1) is 33.4. The van der Waals surface area contributed by atoms with Gasteiger partial charge in [0.1, 0.15) is 11.5 Å². The zero-order valence-electron chi connectivity index (χ0n) is 28.6. The van der Waals surface area contributed by atoms with Crippen LogP contribution in [0.5, 0.6) is 11.5 Å². The topological polar surface area (TPSA) is 133 Å². The molecule has 11 nitrogen and oxygen atoms in total. The number of methoxy groups -OCH3 is 2. The number of aromatic amines is 1. The van der Waals surface area contributed by atoms with Gasteiger partial charge in [-0.2, -0.15) is 5.10 Å². The fraction of sp³-hybridized carbons (Fsp3) is 0.0732. The van der Waals surface area contributed by atoms with Gasteiger partial charge in [-0.05, 0) is 73.2 Å². The Morgan fingerprint density at radius 3 is 2.29 bits per heavy atom. The van der Waals surface area contributed by atoms with E-state index in [1.807, 2.05) is 92.0 Å². The molecule has 0 saturated heterocycles. The van der Waals surface area contributed by atoms with Crippen molar-refractivity contribution in [2.45, 2.75) is 6.92 Å². The molecule has 2 amide bonds. The second-order valence-electron chi connectivity index (χ2n) is 11.7. The van der Waals surface area contributed by atoms with Gasteiger partial charge in [-0.15, -0.1) is 10.2 Å². The number of carbonyl (C=O) groups excluding carboxylic acids is 2. The van der Waals surface area contributed by atoms with Crippen LogP contribution in [0, 0.1) is 6.92 Å². The lowest BCUT2D eigenvalue weighted by molar-refractivity contribution is -0.113. The predicted octanol–water partition coefficient (Wildman–Crippen LogP) is 8.39. The fourth-order valence-electron chi connectivity index (χ4n) is 5.73. The third kappa shape index (κ3) is 6.83. The first-order valence-corrected chi connectivity index (χ1v) is 16.4. The third-order valence-electron chi connectivity index (χ3n) is 8.48. The molecule has 0 spiro atoms. The number of aryl methyl sites for hydroxylation is 1. The van der Waals surface area contributed by atoms with Crippen LogP contribution in [0.2, 0.25) is 0 Å². The van der Waals surface area contributed by atoms with Gasteiger partial charge in [-0.1, -0.05) is 66.7 Å². The molecular formula is C41H33N7O4. The molecule has 5 aromatic carbocycles. The van der Waals surface area contributed by atoms with Crippen LogP contribution in [0.1, 0.15) is 32.6 Å². The third-order valence-corrected chi connectivity index (χ3v) is 8.48. The molecule has 0 radical (unpaired) electrons. The number of amidine groups is 2. The number of ether oxygens (including phenoxy) is 2. The summed E-state index contributed by atoms with van der Waals surface area (Å²) in [5, 5.41) is 13.7. The number of amides is 2. The maximum atomic E-state index is 14.0. The number of aromatic nitrogens is 1. The summed E-state index contributed by atoms with van der Waals surface area (Å²) in [6.45, 7) is 1.95. The number of hydrogen-bond acceptors (Lipinski definition) is 7. The SMILES string of the molecule is COc1ccc(/C(N=NC(=O)c2ccc(N3C(=O)/C(=C\c4c[nH]c5ccccc45)N=C3c3ccccc3)cc2)=N\Nc2ccccc2C)cc1OC. The number of anilines is 2. The Morgan fingerprint density at radius 1 is 0.808 bits per heavy atom. The lowest BCUT2D eigenvalue weighted by atomic mass is 10.1. The van der Waals surface area contributed by atoms with Gasteiger partial charge in [0, 0.05) is 39.4 Å². The van der Waals surface area contributed by atoms with E-state index in [0.717, 1.165) is 33.3 Å². The summed E-state index contributed by atoms with van der Waals surface area (Å²) in [4.78, 5) is 36.9. The lowest BCUT2D eigenvalue weighted by Crippen LogP contribution is -2.32. The Bertz CT molecular complexity index is 2410. The number of hydrogen-bond donors (Lipinski definition) is 2. The Hall–Kier alpha value is -7.14. The van der Waals surface area contributed by atoms with E-state index in [1.54, 1.807) is 60.6 Å². The van der Waals surface area contributed by atoms with Crippen LogP contribution in [-0.4, -0.2) is 42.7 Å². The normalized spacial score (nSPS) is 13.9. The van der Waals surface area contributed by atoms with Crippen molar-refractivity contribution in [1.29, 1.82) is 0 Å². The highest BCUT2D eigenvalue weighted by Gasteiger charge is 2.32. The molecule has 52 heavy (non-hydrogen) atoms. The largest absolute Gasteiger partial charge is 0.493 e. The highest BCUT2D eigenvalue weighted by molar-refractivity contribution is 6.33.